The van der Waals surface area contributed by atoms with Crippen LogP contribution in [0.5, 0.6) is 11.5 Å². The summed E-state index contributed by atoms with van der Waals surface area (Å²) in [6.07, 6.45) is 0. The Kier molecular flexibility index (Phi) is 3.24. The second-order valence-corrected chi connectivity index (χ2v) is 5.73. The molecule has 0 amide bonds. The predicted octanol–water partition coefficient (Wildman–Crippen LogP) is 4.49. The lowest BCUT2D eigenvalue weighted by molar-refractivity contribution is 0.451. The third kappa shape index (κ3) is 2.42. The number of phenols is 2. The first-order chi connectivity index (χ1) is 9.63. The summed E-state index contributed by atoms with van der Waals surface area (Å²) >= 11 is 1.71. The fourth-order valence-corrected chi connectivity index (χ4v) is 3.04. The third-order valence-corrected chi connectivity index (χ3v) is 4.21. The van der Waals surface area contributed by atoms with Crippen LogP contribution in [0.4, 0.5) is 5.69 Å². The van der Waals surface area contributed by atoms with Gasteiger partial charge in [0.1, 0.15) is 11.5 Å². The van der Waals surface area contributed by atoms with E-state index in [4.69, 9.17) is 0 Å². The lowest BCUT2D eigenvalue weighted by atomic mass is 10.1. The second-order valence-electron chi connectivity index (χ2n) is 4.78. The van der Waals surface area contributed by atoms with Gasteiger partial charge in [0.05, 0.1) is 6.04 Å². The van der Waals surface area contributed by atoms with Crippen LogP contribution in [-0.2, 0) is 0 Å². The number of hydrogen-bond acceptors (Lipinski definition) is 4. The molecule has 0 aliphatic rings. The van der Waals surface area contributed by atoms with Gasteiger partial charge in [0.2, 0.25) is 0 Å². The Morgan fingerprint density at radius 3 is 2.75 bits per heavy atom. The van der Waals surface area contributed by atoms with Crippen molar-refractivity contribution in [3.63, 3.8) is 0 Å². The van der Waals surface area contributed by atoms with E-state index >= 15 is 0 Å². The molecular weight excluding hydrogens is 270 g/mol. The molecule has 0 fully saturated rings. The molecule has 1 heterocycles. The molecule has 2 aromatic carbocycles. The highest BCUT2D eigenvalue weighted by molar-refractivity contribution is 7.17. The largest absolute Gasteiger partial charge is 0.508 e. The van der Waals surface area contributed by atoms with E-state index in [1.54, 1.807) is 17.4 Å². The van der Waals surface area contributed by atoms with Crippen LogP contribution in [0.2, 0.25) is 0 Å². The number of thiophene rings is 1. The van der Waals surface area contributed by atoms with E-state index in [1.165, 1.54) is 22.2 Å². The van der Waals surface area contributed by atoms with Gasteiger partial charge in [-0.25, -0.2) is 0 Å². The summed E-state index contributed by atoms with van der Waals surface area (Å²) in [6, 6.07) is 12.7. The van der Waals surface area contributed by atoms with Gasteiger partial charge in [0.25, 0.3) is 0 Å². The number of hydrogen-bond donors (Lipinski definition) is 3. The first-order valence-corrected chi connectivity index (χ1v) is 7.27. The SMILES string of the molecule is CC(Nc1ccc2sccc2c1)c1cc(O)ccc1O. The van der Waals surface area contributed by atoms with E-state index in [0.717, 1.165) is 5.69 Å². The molecule has 102 valence electrons. The average Bonchev–Trinajstić information content (AvgIpc) is 2.89. The molecule has 0 spiro atoms. The first-order valence-electron chi connectivity index (χ1n) is 6.39. The van der Waals surface area contributed by atoms with Crippen molar-refractivity contribution >= 4 is 27.1 Å². The van der Waals surface area contributed by atoms with Crippen molar-refractivity contribution in [1.29, 1.82) is 0 Å². The molecular formula is C16H15NO2S. The molecule has 1 unspecified atom stereocenters. The Balaban J connectivity index is 1.87. The van der Waals surface area contributed by atoms with Crippen molar-refractivity contribution in [2.75, 3.05) is 5.32 Å². The smallest absolute Gasteiger partial charge is 0.121 e. The van der Waals surface area contributed by atoms with Crippen molar-refractivity contribution in [2.45, 2.75) is 13.0 Å². The molecule has 0 saturated carbocycles. The van der Waals surface area contributed by atoms with Crippen molar-refractivity contribution in [1.82, 2.24) is 0 Å². The first kappa shape index (κ1) is 12.8. The second kappa shape index (κ2) is 5.06. The number of nitrogens with one attached hydrogen (secondary N) is 1. The van der Waals surface area contributed by atoms with E-state index in [1.807, 2.05) is 13.0 Å². The summed E-state index contributed by atoms with van der Waals surface area (Å²) in [5.74, 6) is 0.333. The van der Waals surface area contributed by atoms with Crippen LogP contribution in [0, 0.1) is 0 Å². The van der Waals surface area contributed by atoms with Gasteiger partial charge in [0, 0.05) is 16.0 Å². The lowest BCUT2D eigenvalue weighted by Gasteiger charge is -2.17. The summed E-state index contributed by atoms with van der Waals surface area (Å²) in [5, 5.41) is 26.0. The van der Waals surface area contributed by atoms with E-state index in [0.29, 0.717) is 5.56 Å². The van der Waals surface area contributed by atoms with Gasteiger partial charge < -0.3 is 15.5 Å². The van der Waals surface area contributed by atoms with E-state index < -0.39 is 0 Å². The van der Waals surface area contributed by atoms with Crippen molar-refractivity contribution in [3.05, 3.63) is 53.4 Å². The van der Waals surface area contributed by atoms with Gasteiger partial charge in [-0.2, -0.15) is 0 Å². The Hall–Kier alpha value is -2.20. The maximum atomic E-state index is 9.87. The van der Waals surface area contributed by atoms with Crippen molar-refractivity contribution in [3.8, 4) is 11.5 Å². The molecule has 3 nitrogen and oxygen atoms in total. The standard InChI is InChI=1S/C16H15NO2S/c1-10(14-9-13(18)3-4-15(14)19)17-12-2-5-16-11(8-12)6-7-20-16/h2-10,17-19H,1H3. The van der Waals surface area contributed by atoms with Crippen molar-refractivity contribution < 1.29 is 10.2 Å². The molecule has 1 aromatic heterocycles. The zero-order valence-corrected chi connectivity index (χ0v) is 11.8. The van der Waals surface area contributed by atoms with E-state index in [2.05, 4.69) is 28.9 Å². The lowest BCUT2D eigenvalue weighted by Crippen LogP contribution is -2.06. The van der Waals surface area contributed by atoms with Gasteiger partial charge >= 0.3 is 0 Å². The summed E-state index contributed by atoms with van der Waals surface area (Å²) < 4.78 is 1.25. The minimum Gasteiger partial charge on any atom is -0.508 e. The molecule has 3 N–H and O–H groups in total. The van der Waals surface area contributed by atoms with Gasteiger partial charge in [-0.15, -0.1) is 11.3 Å². The predicted molar refractivity (Wildman–Crippen MR) is 83.6 cm³/mol. The Morgan fingerprint density at radius 2 is 1.90 bits per heavy atom. The topological polar surface area (TPSA) is 52.5 Å². The Bertz CT molecular complexity index is 751. The fourth-order valence-electron chi connectivity index (χ4n) is 2.27. The molecule has 0 aliphatic carbocycles. The van der Waals surface area contributed by atoms with Crippen molar-refractivity contribution in [2.24, 2.45) is 0 Å². The monoisotopic (exact) mass is 285 g/mol. The number of benzene rings is 2. The number of rotatable bonds is 3. The minimum atomic E-state index is -0.0989. The van der Waals surface area contributed by atoms with Crippen LogP contribution in [0.25, 0.3) is 10.1 Å². The van der Waals surface area contributed by atoms with Crippen LogP contribution < -0.4 is 5.32 Å². The molecule has 3 rings (SSSR count). The fraction of sp³-hybridized carbons (Fsp3) is 0.125. The van der Waals surface area contributed by atoms with E-state index in [9.17, 15) is 10.2 Å². The maximum Gasteiger partial charge on any atom is 0.121 e. The molecule has 0 bridgehead atoms. The summed E-state index contributed by atoms with van der Waals surface area (Å²) in [5.41, 5.74) is 1.67. The van der Waals surface area contributed by atoms with Crippen LogP contribution in [0.1, 0.15) is 18.5 Å². The van der Waals surface area contributed by atoms with Crippen LogP contribution in [-0.4, -0.2) is 10.2 Å². The van der Waals surface area contributed by atoms with Crippen LogP contribution >= 0.6 is 11.3 Å². The van der Waals surface area contributed by atoms with Gasteiger partial charge in [-0.3, -0.25) is 0 Å². The highest BCUT2D eigenvalue weighted by Crippen LogP contribution is 2.31. The zero-order valence-electron chi connectivity index (χ0n) is 11.0. The quantitative estimate of drug-likeness (QED) is 0.622. The highest BCUT2D eigenvalue weighted by atomic mass is 32.1. The Labute approximate surface area is 121 Å². The van der Waals surface area contributed by atoms with Gasteiger partial charge in [0.15, 0.2) is 0 Å². The summed E-state index contributed by atoms with van der Waals surface area (Å²) in [4.78, 5) is 0. The third-order valence-electron chi connectivity index (χ3n) is 3.31. The summed E-state index contributed by atoms with van der Waals surface area (Å²) in [6.45, 7) is 1.95. The molecule has 0 radical (unpaired) electrons. The molecule has 0 aliphatic heterocycles. The van der Waals surface area contributed by atoms with E-state index in [-0.39, 0.29) is 17.5 Å². The molecule has 1 atom stereocenters. The van der Waals surface area contributed by atoms with Crippen LogP contribution in [0.3, 0.4) is 0 Å². The zero-order chi connectivity index (χ0) is 14.1. The molecule has 20 heavy (non-hydrogen) atoms. The normalized spacial score (nSPS) is 12.4. The summed E-state index contributed by atoms with van der Waals surface area (Å²) in [7, 11) is 0. The Morgan fingerprint density at radius 1 is 1.05 bits per heavy atom. The average molecular weight is 285 g/mol. The van der Waals surface area contributed by atoms with Gasteiger partial charge in [-0.05, 0) is 60.2 Å². The molecule has 4 heteroatoms. The highest BCUT2D eigenvalue weighted by Gasteiger charge is 2.11. The molecule has 3 aromatic rings. The molecule has 0 saturated heterocycles. The number of aromatic hydroxyl groups is 2. The number of fused-ring (bicyclic) bond motifs is 1. The number of phenolic OH excluding ortho intramolecular Hbond substituents is 2. The minimum absolute atomic E-state index is 0.0989. The number of anilines is 1. The van der Waals surface area contributed by atoms with Gasteiger partial charge in [-0.1, -0.05) is 0 Å². The maximum absolute atomic E-state index is 9.87. The van der Waals surface area contributed by atoms with Crippen LogP contribution in [0.15, 0.2) is 47.8 Å².